The molecule has 3 fully saturated rings. The van der Waals surface area contributed by atoms with E-state index in [2.05, 4.69) is 5.32 Å². The van der Waals surface area contributed by atoms with E-state index in [4.69, 9.17) is 0 Å². The van der Waals surface area contributed by atoms with Crippen LogP contribution < -0.4 is 5.32 Å². The molecule has 6 nitrogen and oxygen atoms in total. The Morgan fingerprint density at radius 2 is 1.76 bits per heavy atom. The van der Waals surface area contributed by atoms with Gasteiger partial charge >= 0.3 is 0 Å². The summed E-state index contributed by atoms with van der Waals surface area (Å²) in [5.41, 5.74) is 0.981. The first-order valence-corrected chi connectivity index (χ1v) is 8.72. The van der Waals surface area contributed by atoms with Crippen LogP contribution in [0.1, 0.15) is 36.5 Å². The number of nitrogens with zero attached hydrogens (tertiary/aromatic N) is 1. The molecule has 1 aliphatic heterocycles. The Kier molecular flexibility index (Phi) is 3.71. The van der Waals surface area contributed by atoms with Gasteiger partial charge in [-0.05, 0) is 50.2 Å². The number of anilines is 1. The third kappa shape index (κ3) is 2.56. The molecule has 4 atom stereocenters. The Bertz CT molecular complexity index is 759. The van der Waals surface area contributed by atoms with Crippen molar-refractivity contribution in [1.82, 2.24) is 4.90 Å². The van der Waals surface area contributed by atoms with Crippen LogP contribution in [0.5, 0.6) is 0 Å². The lowest BCUT2D eigenvalue weighted by atomic mass is 9.81. The number of carbonyl (C=O) groups excluding carboxylic acids is 4. The predicted molar refractivity (Wildman–Crippen MR) is 89.6 cm³/mol. The number of benzene rings is 1. The van der Waals surface area contributed by atoms with E-state index in [1.807, 2.05) is 0 Å². The quantitative estimate of drug-likeness (QED) is 0.670. The van der Waals surface area contributed by atoms with Gasteiger partial charge < -0.3 is 5.32 Å². The van der Waals surface area contributed by atoms with Crippen LogP contribution in [0.25, 0.3) is 0 Å². The number of Topliss-reactive ketones (excluding diaryl/α,β-unsaturated/α-hetero) is 1. The Morgan fingerprint density at radius 3 is 2.36 bits per heavy atom. The number of nitrogens with one attached hydrogen (secondary N) is 1. The molecule has 0 spiro atoms. The molecule has 3 amide bonds. The highest BCUT2D eigenvalue weighted by Gasteiger charge is 2.60. The minimum Gasteiger partial charge on any atom is -0.325 e. The zero-order chi connectivity index (χ0) is 17.7. The van der Waals surface area contributed by atoms with E-state index in [0.29, 0.717) is 23.1 Å². The molecule has 25 heavy (non-hydrogen) atoms. The number of amides is 3. The van der Waals surface area contributed by atoms with Gasteiger partial charge in [-0.15, -0.1) is 0 Å². The molecule has 4 rings (SSSR count). The lowest BCUT2D eigenvalue weighted by molar-refractivity contribution is -0.143. The van der Waals surface area contributed by atoms with Crippen molar-refractivity contribution in [3.05, 3.63) is 29.8 Å². The molecule has 3 aliphatic rings. The van der Waals surface area contributed by atoms with Gasteiger partial charge in [0.1, 0.15) is 6.54 Å². The molecule has 1 N–H and O–H groups in total. The third-order valence-corrected chi connectivity index (χ3v) is 5.87. The molecule has 1 aromatic rings. The SMILES string of the molecule is CC(=O)c1cccc(NC(=O)CN2C(=O)[C@@H]3[C@@H]4CC[C@@H](C4)[C@@H]3C2=O)c1. The Balaban J connectivity index is 1.45. The van der Waals surface area contributed by atoms with E-state index in [9.17, 15) is 19.2 Å². The fraction of sp³-hybridized carbons (Fsp3) is 0.474. The summed E-state index contributed by atoms with van der Waals surface area (Å²) in [7, 11) is 0. The molecule has 2 saturated carbocycles. The van der Waals surface area contributed by atoms with Gasteiger partial charge in [0.25, 0.3) is 0 Å². The van der Waals surface area contributed by atoms with E-state index >= 15 is 0 Å². The van der Waals surface area contributed by atoms with Gasteiger partial charge in [-0.25, -0.2) is 0 Å². The first kappa shape index (κ1) is 16.0. The normalized spacial score (nSPS) is 29.9. The van der Waals surface area contributed by atoms with Crippen molar-refractivity contribution in [3.63, 3.8) is 0 Å². The average Bonchev–Trinajstić information content (AvgIpc) is 3.25. The van der Waals surface area contributed by atoms with Gasteiger partial charge in [0, 0.05) is 11.3 Å². The summed E-state index contributed by atoms with van der Waals surface area (Å²) in [5, 5.41) is 2.67. The summed E-state index contributed by atoms with van der Waals surface area (Å²) < 4.78 is 0. The lowest BCUT2D eigenvalue weighted by Gasteiger charge is -2.19. The molecule has 6 heteroatoms. The maximum Gasteiger partial charge on any atom is 0.244 e. The van der Waals surface area contributed by atoms with E-state index in [1.165, 1.54) is 6.92 Å². The van der Waals surface area contributed by atoms with E-state index < -0.39 is 5.91 Å². The van der Waals surface area contributed by atoms with Gasteiger partial charge in [0.05, 0.1) is 11.8 Å². The molecule has 0 radical (unpaired) electrons. The lowest BCUT2D eigenvalue weighted by Crippen LogP contribution is -2.39. The second kappa shape index (κ2) is 5.79. The second-order valence-electron chi connectivity index (χ2n) is 7.33. The Labute approximate surface area is 145 Å². The van der Waals surface area contributed by atoms with Crippen molar-refractivity contribution in [2.24, 2.45) is 23.7 Å². The number of hydrogen-bond donors (Lipinski definition) is 1. The van der Waals surface area contributed by atoms with Crippen molar-refractivity contribution in [1.29, 1.82) is 0 Å². The molecule has 130 valence electrons. The summed E-state index contributed by atoms with van der Waals surface area (Å²) in [6, 6.07) is 6.61. The van der Waals surface area contributed by atoms with Crippen LogP contribution in [0.2, 0.25) is 0 Å². The number of ketones is 1. The van der Waals surface area contributed by atoms with Gasteiger partial charge in [-0.3, -0.25) is 24.1 Å². The Morgan fingerprint density at radius 1 is 1.12 bits per heavy atom. The molecule has 2 bridgehead atoms. The largest absolute Gasteiger partial charge is 0.325 e. The van der Waals surface area contributed by atoms with Gasteiger partial charge in [-0.1, -0.05) is 12.1 Å². The van der Waals surface area contributed by atoms with Crippen LogP contribution in [0, 0.1) is 23.7 Å². The molecule has 2 aliphatic carbocycles. The van der Waals surface area contributed by atoms with E-state index in [1.54, 1.807) is 24.3 Å². The van der Waals surface area contributed by atoms with Crippen molar-refractivity contribution in [2.75, 3.05) is 11.9 Å². The fourth-order valence-corrected chi connectivity index (χ4v) is 4.79. The topological polar surface area (TPSA) is 83.6 Å². The predicted octanol–water partition coefficient (Wildman–Crippen LogP) is 1.86. The summed E-state index contributed by atoms with van der Waals surface area (Å²) in [6.07, 6.45) is 3.01. The summed E-state index contributed by atoms with van der Waals surface area (Å²) >= 11 is 0. The van der Waals surface area contributed by atoms with Crippen molar-refractivity contribution in [2.45, 2.75) is 26.2 Å². The van der Waals surface area contributed by atoms with E-state index in [0.717, 1.165) is 24.2 Å². The van der Waals surface area contributed by atoms with Crippen LogP contribution in [0.3, 0.4) is 0 Å². The number of rotatable bonds is 4. The molecule has 1 heterocycles. The van der Waals surface area contributed by atoms with Gasteiger partial charge in [0.15, 0.2) is 5.78 Å². The highest BCUT2D eigenvalue weighted by atomic mass is 16.2. The molecule has 0 aromatic heterocycles. The molecular formula is C19H20N2O4. The van der Waals surface area contributed by atoms with Crippen LogP contribution in [-0.4, -0.2) is 34.9 Å². The maximum atomic E-state index is 12.6. The van der Waals surface area contributed by atoms with Crippen molar-refractivity contribution in [3.8, 4) is 0 Å². The highest BCUT2D eigenvalue weighted by Crippen LogP contribution is 2.56. The van der Waals surface area contributed by atoms with Crippen molar-refractivity contribution < 1.29 is 19.2 Å². The zero-order valence-corrected chi connectivity index (χ0v) is 14.0. The first-order chi connectivity index (χ1) is 12.0. The van der Waals surface area contributed by atoms with Crippen LogP contribution in [0.15, 0.2) is 24.3 Å². The summed E-state index contributed by atoms with van der Waals surface area (Å²) in [4.78, 5) is 50.0. The standard InChI is InChI=1S/C19H20N2O4/c1-10(22)11-3-2-4-14(8-11)20-15(23)9-21-18(24)16-12-5-6-13(7-12)17(16)19(21)25/h2-4,8,12-13,16-17H,5-7,9H2,1H3,(H,20,23)/t12-,13+,16-,17+. The number of likely N-dealkylation sites (tertiary alicyclic amines) is 1. The molecule has 1 saturated heterocycles. The van der Waals surface area contributed by atoms with Crippen molar-refractivity contribution >= 4 is 29.2 Å². The number of carbonyl (C=O) groups is 4. The highest BCUT2D eigenvalue weighted by molar-refractivity contribution is 6.09. The summed E-state index contributed by atoms with van der Waals surface area (Å²) in [6.45, 7) is 1.20. The monoisotopic (exact) mass is 340 g/mol. The number of fused-ring (bicyclic) bond motifs is 5. The third-order valence-electron chi connectivity index (χ3n) is 5.87. The fourth-order valence-electron chi connectivity index (χ4n) is 4.79. The minimum absolute atomic E-state index is 0.0932. The molecular weight excluding hydrogens is 320 g/mol. The van der Waals surface area contributed by atoms with Crippen LogP contribution in [-0.2, 0) is 14.4 Å². The second-order valence-corrected chi connectivity index (χ2v) is 7.33. The average molecular weight is 340 g/mol. The van der Waals surface area contributed by atoms with Gasteiger partial charge in [-0.2, -0.15) is 0 Å². The smallest absolute Gasteiger partial charge is 0.244 e. The van der Waals surface area contributed by atoms with Crippen LogP contribution in [0.4, 0.5) is 5.69 Å². The molecule has 0 unspecified atom stereocenters. The van der Waals surface area contributed by atoms with Gasteiger partial charge in [0.2, 0.25) is 17.7 Å². The number of hydrogen-bond acceptors (Lipinski definition) is 4. The zero-order valence-electron chi connectivity index (χ0n) is 14.0. The molecule has 1 aromatic carbocycles. The minimum atomic E-state index is -0.422. The van der Waals surface area contributed by atoms with Crippen LogP contribution >= 0.6 is 0 Å². The Hall–Kier alpha value is -2.50. The number of imide groups is 1. The summed E-state index contributed by atoms with van der Waals surface area (Å²) in [5.74, 6) is -0.678. The maximum absolute atomic E-state index is 12.6. The first-order valence-electron chi connectivity index (χ1n) is 8.72. The van der Waals surface area contributed by atoms with E-state index in [-0.39, 0.29) is 36.0 Å².